The zero-order valence-corrected chi connectivity index (χ0v) is 14.6. The van der Waals surface area contributed by atoms with E-state index in [1.54, 1.807) is 6.20 Å². The van der Waals surface area contributed by atoms with E-state index in [1.807, 2.05) is 36.4 Å². The van der Waals surface area contributed by atoms with E-state index < -0.39 is 0 Å². The van der Waals surface area contributed by atoms with Gasteiger partial charge < -0.3 is 10.6 Å². The summed E-state index contributed by atoms with van der Waals surface area (Å²) in [5.41, 5.74) is 4.35. The van der Waals surface area contributed by atoms with E-state index >= 15 is 0 Å². The highest BCUT2D eigenvalue weighted by Gasteiger charge is 2.02. The topological polar surface area (TPSA) is 49.8 Å². The first-order valence-corrected chi connectivity index (χ1v) is 8.09. The fraction of sp³-hybridized carbons (Fsp3) is 0.111. The first-order valence-electron chi connectivity index (χ1n) is 7.30. The Morgan fingerprint density at radius 3 is 2.35 bits per heavy atom. The van der Waals surface area contributed by atoms with Gasteiger partial charge in [-0.05, 0) is 49.7 Å². The number of halogens is 1. The Bertz CT molecular complexity index is 816. The van der Waals surface area contributed by atoms with Crippen LogP contribution in [0.1, 0.15) is 11.1 Å². The quantitative estimate of drug-likeness (QED) is 0.652. The molecule has 3 rings (SSSR count). The molecule has 2 N–H and O–H groups in total. The van der Waals surface area contributed by atoms with Crippen molar-refractivity contribution >= 4 is 39.1 Å². The van der Waals surface area contributed by atoms with Crippen LogP contribution in [0.3, 0.4) is 0 Å². The molecule has 0 fully saturated rings. The Morgan fingerprint density at radius 1 is 0.870 bits per heavy atom. The summed E-state index contributed by atoms with van der Waals surface area (Å²) in [4.78, 5) is 8.75. The lowest BCUT2D eigenvalue weighted by molar-refractivity contribution is 1.16. The Morgan fingerprint density at radius 2 is 1.61 bits per heavy atom. The van der Waals surface area contributed by atoms with Gasteiger partial charge in [0.05, 0.1) is 0 Å². The molecule has 0 saturated carbocycles. The summed E-state index contributed by atoms with van der Waals surface area (Å²) in [6.45, 7) is 4.12. The van der Waals surface area contributed by atoms with Crippen molar-refractivity contribution in [3.8, 4) is 0 Å². The van der Waals surface area contributed by atoms with Crippen LogP contribution in [0, 0.1) is 13.8 Å². The molecule has 0 radical (unpaired) electrons. The minimum absolute atomic E-state index is 0.554. The molecule has 116 valence electrons. The number of aromatic nitrogens is 2. The molecule has 1 aromatic heterocycles. The van der Waals surface area contributed by atoms with Gasteiger partial charge in [0, 0.05) is 22.0 Å². The monoisotopic (exact) mass is 368 g/mol. The zero-order valence-electron chi connectivity index (χ0n) is 13.0. The number of hydrogen-bond acceptors (Lipinski definition) is 4. The van der Waals surface area contributed by atoms with E-state index in [9.17, 15) is 0 Å². The lowest BCUT2D eigenvalue weighted by atomic mass is 10.2. The number of nitrogens with one attached hydrogen (secondary N) is 2. The molecule has 0 spiro atoms. The summed E-state index contributed by atoms with van der Waals surface area (Å²) in [5.74, 6) is 1.30. The fourth-order valence-electron chi connectivity index (χ4n) is 2.07. The number of rotatable bonds is 4. The molecule has 2 aromatic carbocycles. The summed E-state index contributed by atoms with van der Waals surface area (Å²) in [7, 11) is 0. The van der Waals surface area contributed by atoms with E-state index in [4.69, 9.17) is 0 Å². The van der Waals surface area contributed by atoms with Gasteiger partial charge in [-0.25, -0.2) is 4.98 Å². The van der Waals surface area contributed by atoms with Crippen molar-refractivity contribution in [2.24, 2.45) is 0 Å². The van der Waals surface area contributed by atoms with Crippen LogP contribution in [-0.4, -0.2) is 9.97 Å². The zero-order chi connectivity index (χ0) is 16.2. The highest BCUT2D eigenvalue weighted by Crippen LogP contribution is 2.23. The van der Waals surface area contributed by atoms with Crippen LogP contribution >= 0.6 is 15.9 Å². The second kappa shape index (κ2) is 6.79. The molecule has 23 heavy (non-hydrogen) atoms. The molecule has 3 aromatic rings. The summed E-state index contributed by atoms with van der Waals surface area (Å²) >= 11 is 3.53. The SMILES string of the molecule is Cc1ccc(Nc2ccnc(Nc3ccc(C)c(Br)c3)n2)cc1. The number of anilines is 4. The number of hydrogen-bond donors (Lipinski definition) is 2. The largest absolute Gasteiger partial charge is 0.340 e. The summed E-state index contributed by atoms with van der Waals surface area (Å²) < 4.78 is 1.05. The molecule has 4 nitrogen and oxygen atoms in total. The molecule has 0 aliphatic heterocycles. The van der Waals surface area contributed by atoms with Crippen LogP contribution in [0.2, 0.25) is 0 Å². The average Bonchev–Trinajstić information content (AvgIpc) is 2.54. The Kier molecular flexibility index (Phi) is 4.57. The van der Waals surface area contributed by atoms with Crippen LogP contribution in [-0.2, 0) is 0 Å². The van der Waals surface area contributed by atoms with Crippen LogP contribution in [0.15, 0.2) is 59.2 Å². The third-order valence-corrected chi connectivity index (χ3v) is 4.26. The standard InChI is InChI=1S/C18H17BrN4/c1-12-3-6-14(7-4-12)21-17-9-10-20-18(23-17)22-15-8-5-13(2)16(19)11-15/h3-11H,1-2H3,(H2,20,21,22,23). The third-order valence-electron chi connectivity index (χ3n) is 3.41. The molecule has 0 unspecified atom stereocenters. The van der Waals surface area contributed by atoms with Gasteiger partial charge in [0.25, 0.3) is 0 Å². The predicted octanol–water partition coefficient (Wildman–Crippen LogP) is 5.34. The van der Waals surface area contributed by atoms with Crippen molar-refractivity contribution in [3.05, 3.63) is 70.3 Å². The molecule has 0 aliphatic carbocycles. The molecule has 0 atom stereocenters. The molecule has 1 heterocycles. The number of nitrogens with zero attached hydrogens (tertiary/aromatic N) is 2. The van der Waals surface area contributed by atoms with E-state index in [1.165, 1.54) is 11.1 Å². The van der Waals surface area contributed by atoms with E-state index in [0.717, 1.165) is 21.7 Å². The molecule has 0 aliphatic rings. The molecule has 0 saturated heterocycles. The summed E-state index contributed by atoms with van der Waals surface area (Å²) in [6.07, 6.45) is 1.73. The Balaban J connectivity index is 1.76. The van der Waals surface area contributed by atoms with Crippen molar-refractivity contribution in [3.63, 3.8) is 0 Å². The molecule has 0 bridgehead atoms. The van der Waals surface area contributed by atoms with E-state index in [2.05, 4.69) is 62.5 Å². The number of aryl methyl sites for hydroxylation is 2. The lowest BCUT2D eigenvalue weighted by Crippen LogP contribution is -2.00. The van der Waals surface area contributed by atoms with E-state index in [0.29, 0.717) is 5.95 Å². The Labute approximate surface area is 144 Å². The van der Waals surface area contributed by atoms with Gasteiger partial charge in [-0.3, -0.25) is 0 Å². The van der Waals surface area contributed by atoms with Gasteiger partial charge >= 0.3 is 0 Å². The summed E-state index contributed by atoms with van der Waals surface area (Å²) in [6, 6.07) is 16.1. The minimum atomic E-state index is 0.554. The van der Waals surface area contributed by atoms with Gasteiger partial charge in [0.2, 0.25) is 5.95 Å². The van der Waals surface area contributed by atoms with Gasteiger partial charge in [-0.15, -0.1) is 0 Å². The van der Waals surface area contributed by atoms with Crippen LogP contribution < -0.4 is 10.6 Å². The van der Waals surface area contributed by atoms with Crippen molar-refractivity contribution in [1.82, 2.24) is 9.97 Å². The van der Waals surface area contributed by atoms with Crippen LogP contribution in [0.25, 0.3) is 0 Å². The first kappa shape index (κ1) is 15.5. The van der Waals surface area contributed by atoms with Gasteiger partial charge in [-0.1, -0.05) is 39.7 Å². The predicted molar refractivity (Wildman–Crippen MR) is 98.7 cm³/mol. The maximum Gasteiger partial charge on any atom is 0.229 e. The highest BCUT2D eigenvalue weighted by atomic mass is 79.9. The van der Waals surface area contributed by atoms with Gasteiger partial charge in [-0.2, -0.15) is 4.98 Å². The fourth-order valence-corrected chi connectivity index (χ4v) is 2.45. The van der Waals surface area contributed by atoms with Crippen molar-refractivity contribution in [2.45, 2.75) is 13.8 Å². The maximum absolute atomic E-state index is 4.49. The Hall–Kier alpha value is -2.40. The molecular weight excluding hydrogens is 352 g/mol. The van der Waals surface area contributed by atoms with Gasteiger partial charge in [0.15, 0.2) is 0 Å². The van der Waals surface area contributed by atoms with E-state index in [-0.39, 0.29) is 0 Å². The molecule has 0 amide bonds. The first-order chi connectivity index (χ1) is 11.1. The van der Waals surface area contributed by atoms with Crippen molar-refractivity contribution < 1.29 is 0 Å². The molecular formula is C18H17BrN4. The minimum Gasteiger partial charge on any atom is -0.340 e. The second-order valence-corrected chi connectivity index (χ2v) is 6.20. The maximum atomic E-state index is 4.49. The smallest absolute Gasteiger partial charge is 0.229 e. The van der Waals surface area contributed by atoms with Crippen molar-refractivity contribution in [1.29, 1.82) is 0 Å². The number of benzene rings is 2. The highest BCUT2D eigenvalue weighted by molar-refractivity contribution is 9.10. The van der Waals surface area contributed by atoms with Crippen LogP contribution in [0.5, 0.6) is 0 Å². The average molecular weight is 369 g/mol. The third kappa shape index (κ3) is 4.07. The summed E-state index contributed by atoms with van der Waals surface area (Å²) in [5, 5.41) is 6.49. The second-order valence-electron chi connectivity index (χ2n) is 5.35. The van der Waals surface area contributed by atoms with Crippen molar-refractivity contribution in [2.75, 3.05) is 10.6 Å². The normalized spacial score (nSPS) is 10.4. The lowest BCUT2D eigenvalue weighted by Gasteiger charge is -2.09. The van der Waals surface area contributed by atoms with Gasteiger partial charge in [0.1, 0.15) is 5.82 Å². The van der Waals surface area contributed by atoms with Crippen LogP contribution in [0.4, 0.5) is 23.1 Å². The molecule has 5 heteroatoms.